The number of anilines is 2. The summed E-state index contributed by atoms with van der Waals surface area (Å²) in [6.07, 6.45) is -0.105. The van der Waals surface area contributed by atoms with E-state index in [1.54, 1.807) is 23.6 Å². The van der Waals surface area contributed by atoms with E-state index in [2.05, 4.69) is 15.0 Å². The number of carbonyl (C=O) groups is 1. The Morgan fingerprint density at radius 3 is 2.61 bits per heavy atom. The van der Waals surface area contributed by atoms with Gasteiger partial charge in [-0.15, -0.1) is 11.3 Å². The molecule has 0 aliphatic carbocycles. The van der Waals surface area contributed by atoms with Gasteiger partial charge in [-0.25, -0.2) is 13.4 Å². The number of hydrogen-bond acceptors (Lipinski definition) is 7. The monoisotopic (exact) mass is 418 g/mol. The normalized spacial score (nSPS) is 11.0. The van der Waals surface area contributed by atoms with Crippen LogP contribution in [0.25, 0.3) is 0 Å². The minimum absolute atomic E-state index is 0.105. The number of non-ortho nitro benzene ring substituents is 1. The zero-order valence-electron chi connectivity index (χ0n) is 14.2. The van der Waals surface area contributed by atoms with Gasteiger partial charge in [0.25, 0.3) is 15.7 Å². The molecule has 2 N–H and O–H groups in total. The van der Waals surface area contributed by atoms with Crippen LogP contribution in [0, 0.1) is 10.1 Å². The van der Waals surface area contributed by atoms with Crippen LogP contribution in [0.5, 0.6) is 0 Å². The van der Waals surface area contributed by atoms with Gasteiger partial charge in [0.1, 0.15) is 0 Å². The Bertz CT molecular complexity index is 1110. The first-order valence-electron chi connectivity index (χ1n) is 7.90. The Labute approximate surface area is 164 Å². The van der Waals surface area contributed by atoms with E-state index in [1.165, 1.54) is 36.4 Å². The summed E-state index contributed by atoms with van der Waals surface area (Å²) in [4.78, 5) is 26.6. The molecule has 3 rings (SSSR count). The summed E-state index contributed by atoms with van der Waals surface area (Å²) in [6.45, 7) is 0. The SMILES string of the molecule is O=C(Cc1csc(NS(=O)(=O)c2ccccc2)n1)Nc1cccc([N+](=O)[O-])c1. The van der Waals surface area contributed by atoms with Crippen LogP contribution in [0.3, 0.4) is 0 Å². The minimum Gasteiger partial charge on any atom is -0.325 e. The number of nitrogens with zero attached hydrogens (tertiary/aromatic N) is 2. The van der Waals surface area contributed by atoms with E-state index < -0.39 is 20.9 Å². The lowest BCUT2D eigenvalue weighted by Gasteiger charge is -2.05. The van der Waals surface area contributed by atoms with Gasteiger partial charge in [0.15, 0.2) is 5.13 Å². The van der Waals surface area contributed by atoms with Crippen LogP contribution in [0.15, 0.2) is 64.9 Å². The van der Waals surface area contributed by atoms with Crippen LogP contribution in [-0.4, -0.2) is 24.2 Å². The van der Waals surface area contributed by atoms with Crippen molar-refractivity contribution in [3.8, 4) is 0 Å². The van der Waals surface area contributed by atoms with Gasteiger partial charge in [-0.1, -0.05) is 24.3 Å². The van der Waals surface area contributed by atoms with Crippen molar-refractivity contribution in [2.75, 3.05) is 10.0 Å². The summed E-state index contributed by atoms with van der Waals surface area (Å²) in [5.74, 6) is -0.428. The van der Waals surface area contributed by atoms with Gasteiger partial charge in [0.2, 0.25) is 5.91 Å². The van der Waals surface area contributed by atoms with Crippen LogP contribution in [0.1, 0.15) is 5.69 Å². The maximum Gasteiger partial charge on any atom is 0.271 e. The molecule has 0 spiro atoms. The number of nitro benzene ring substituents is 1. The smallest absolute Gasteiger partial charge is 0.271 e. The molecule has 3 aromatic rings. The average Bonchev–Trinajstić information content (AvgIpc) is 3.08. The molecule has 0 fully saturated rings. The van der Waals surface area contributed by atoms with E-state index in [-0.39, 0.29) is 22.1 Å². The maximum atomic E-state index is 12.3. The van der Waals surface area contributed by atoms with Crippen molar-refractivity contribution < 1.29 is 18.1 Å². The zero-order valence-corrected chi connectivity index (χ0v) is 15.9. The number of carbonyl (C=O) groups excluding carboxylic acids is 1. The summed E-state index contributed by atoms with van der Waals surface area (Å²) in [5.41, 5.74) is 0.530. The van der Waals surface area contributed by atoms with E-state index in [0.717, 1.165) is 11.3 Å². The summed E-state index contributed by atoms with van der Waals surface area (Å²) in [7, 11) is -3.76. The van der Waals surface area contributed by atoms with Crippen LogP contribution in [0.4, 0.5) is 16.5 Å². The Hall–Kier alpha value is -3.31. The van der Waals surface area contributed by atoms with Crippen molar-refractivity contribution >= 4 is 43.8 Å². The van der Waals surface area contributed by atoms with Crippen molar-refractivity contribution in [2.24, 2.45) is 0 Å². The van der Waals surface area contributed by atoms with E-state index in [0.29, 0.717) is 11.4 Å². The quantitative estimate of drug-likeness (QED) is 0.448. The molecule has 28 heavy (non-hydrogen) atoms. The summed E-state index contributed by atoms with van der Waals surface area (Å²) < 4.78 is 26.9. The lowest BCUT2D eigenvalue weighted by Crippen LogP contribution is -2.15. The Balaban J connectivity index is 1.64. The fraction of sp³-hybridized carbons (Fsp3) is 0.0588. The standard InChI is InChI=1S/C17H14N4O5S2/c22-16(18-12-5-4-6-14(9-12)21(23)24)10-13-11-27-17(19-13)20-28(25,26)15-7-2-1-3-8-15/h1-9,11H,10H2,(H,18,22)(H,19,20). The largest absolute Gasteiger partial charge is 0.325 e. The number of amides is 1. The summed E-state index contributed by atoms with van der Waals surface area (Å²) in [5, 5.41) is 15.0. The Morgan fingerprint density at radius 1 is 1.14 bits per heavy atom. The first-order valence-corrected chi connectivity index (χ1v) is 10.3. The number of benzene rings is 2. The molecule has 144 valence electrons. The molecule has 1 heterocycles. The lowest BCUT2D eigenvalue weighted by molar-refractivity contribution is -0.384. The molecule has 11 heteroatoms. The van der Waals surface area contributed by atoms with Crippen molar-refractivity contribution in [1.82, 2.24) is 4.98 Å². The number of nitro groups is 1. The second-order valence-corrected chi connectivity index (χ2v) is 8.14. The molecule has 0 atom stereocenters. The third-order valence-corrected chi connectivity index (χ3v) is 5.80. The van der Waals surface area contributed by atoms with E-state index in [9.17, 15) is 23.3 Å². The molecule has 0 saturated carbocycles. The topological polar surface area (TPSA) is 131 Å². The highest BCUT2D eigenvalue weighted by molar-refractivity contribution is 7.93. The molecule has 2 aromatic carbocycles. The summed E-state index contributed by atoms with van der Waals surface area (Å²) >= 11 is 1.06. The predicted octanol–water partition coefficient (Wildman–Crippen LogP) is 3.03. The van der Waals surface area contributed by atoms with E-state index >= 15 is 0 Å². The Kier molecular flexibility index (Phi) is 5.66. The predicted molar refractivity (Wildman–Crippen MR) is 105 cm³/mol. The molecule has 0 saturated heterocycles. The first kappa shape index (κ1) is 19.5. The van der Waals surface area contributed by atoms with Gasteiger partial charge in [-0.2, -0.15) is 0 Å². The van der Waals surface area contributed by atoms with Crippen molar-refractivity contribution in [1.29, 1.82) is 0 Å². The molecule has 1 amide bonds. The molecule has 1 aromatic heterocycles. The van der Waals surface area contributed by atoms with Gasteiger partial charge in [-0.3, -0.25) is 19.6 Å². The number of thiazole rings is 1. The van der Waals surface area contributed by atoms with Crippen molar-refractivity contribution in [2.45, 2.75) is 11.3 Å². The fourth-order valence-corrected chi connectivity index (χ4v) is 4.26. The number of hydrogen-bond donors (Lipinski definition) is 2. The second kappa shape index (κ2) is 8.15. The molecule has 9 nitrogen and oxygen atoms in total. The van der Waals surface area contributed by atoms with Gasteiger partial charge in [-0.05, 0) is 18.2 Å². The maximum absolute atomic E-state index is 12.3. The minimum atomic E-state index is -3.76. The number of rotatable bonds is 7. The van der Waals surface area contributed by atoms with Crippen LogP contribution >= 0.6 is 11.3 Å². The zero-order chi connectivity index (χ0) is 20.1. The molecule has 0 aliphatic rings. The van der Waals surface area contributed by atoms with Gasteiger partial charge < -0.3 is 5.32 Å². The van der Waals surface area contributed by atoms with Crippen LogP contribution in [0.2, 0.25) is 0 Å². The lowest BCUT2D eigenvalue weighted by atomic mass is 10.2. The highest BCUT2D eigenvalue weighted by Crippen LogP contribution is 2.21. The van der Waals surface area contributed by atoms with Crippen molar-refractivity contribution in [3.63, 3.8) is 0 Å². The van der Waals surface area contributed by atoms with E-state index in [1.807, 2.05) is 0 Å². The molecule has 0 bridgehead atoms. The molecular formula is C17H14N4O5S2. The van der Waals surface area contributed by atoms with Crippen LogP contribution < -0.4 is 10.0 Å². The fourth-order valence-electron chi connectivity index (χ4n) is 2.28. The van der Waals surface area contributed by atoms with Crippen LogP contribution in [-0.2, 0) is 21.2 Å². The first-order chi connectivity index (χ1) is 13.3. The number of sulfonamides is 1. The van der Waals surface area contributed by atoms with Gasteiger partial charge in [0.05, 0.1) is 21.9 Å². The highest BCUT2D eigenvalue weighted by atomic mass is 32.2. The molecule has 0 unspecified atom stereocenters. The Morgan fingerprint density at radius 2 is 1.89 bits per heavy atom. The van der Waals surface area contributed by atoms with Crippen molar-refractivity contribution in [3.05, 3.63) is 75.8 Å². The number of aromatic nitrogens is 1. The van der Waals surface area contributed by atoms with Gasteiger partial charge in [0, 0.05) is 23.2 Å². The molecular weight excluding hydrogens is 404 g/mol. The molecule has 0 aliphatic heterocycles. The summed E-state index contributed by atoms with van der Waals surface area (Å²) in [6, 6.07) is 13.4. The number of nitrogens with one attached hydrogen (secondary N) is 2. The van der Waals surface area contributed by atoms with E-state index in [4.69, 9.17) is 0 Å². The second-order valence-electron chi connectivity index (χ2n) is 5.59. The third-order valence-electron chi connectivity index (χ3n) is 3.51. The average molecular weight is 418 g/mol. The molecule has 0 radical (unpaired) electrons. The van der Waals surface area contributed by atoms with Gasteiger partial charge >= 0.3 is 0 Å². The highest BCUT2D eigenvalue weighted by Gasteiger charge is 2.16. The third kappa shape index (κ3) is 4.90.